The van der Waals surface area contributed by atoms with Crippen LogP contribution in [0.4, 0.5) is 0 Å². The molecule has 2 N–H and O–H groups in total. The van der Waals surface area contributed by atoms with Crippen molar-refractivity contribution < 1.29 is 0 Å². The van der Waals surface area contributed by atoms with Crippen molar-refractivity contribution in [2.45, 2.75) is 32.4 Å². The van der Waals surface area contributed by atoms with Gasteiger partial charge in [-0.1, -0.05) is 28.1 Å². The Balaban J connectivity index is 2.04. The quantitative estimate of drug-likeness (QED) is 0.918. The fraction of sp³-hybridized carbons (Fsp3) is 0.625. The van der Waals surface area contributed by atoms with Gasteiger partial charge in [0, 0.05) is 48.8 Å². The van der Waals surface area contributed by atoms with Crippen molar-refractivity contribution in [3.8, 4) is 0 Å². The molecule has 2 rings (SSSR count). The van der Waals surface area contributed by atoms with Gasteiger partial charge in [0.2, 0.25) is 0 Å². The molecule has 4 heteroatoms. The van der Waals surface area contributed by atoms with Crippen LogP contribution in [-0.2, 0) is 0 Å². The Labute approximate surface area is 131 Å². The van der Waals surface area contributed by atoms with Gasteiger partial charge in [0.1, 0.15) is 0 Å². The zero-order chi connectivity index (χ0) is 14.8. The first-order chi connectivity index (χ1) is 9.41. The molecule has 1 fully saturated rings. The molecule has 1 aromatic carbocycles. The van der Waals surface area contributed by atoms with Gasteiger partial charge < -0.3 is 5.73 Å². The predicted octanol–water partition coefficient (Wildman–Crippen LogP) is 2.87. The third-order valence-corrected chi connectivity index (χ3v) is 4.65. The van der Waals surface area contributed by atoms with E-state index in [1.807, 2.05) is 0 Å². The lowest BCUT2D eigenvalue weighted by Gasteiger charge is -2.44. The van der Waals surface area contributed by atoms with Crippen LogP contribution in [-0.4, -0.2) is 48.1 Å². The molecular weight excluding hydrogens is 314 g/mol. The Kier molecular flexibility index (Phi) is 5.24. The molecule has 0 radical (unpaired) electrons. The standard InChI is InChI=1S/C16H26BrN3/c1-16(2,3)20-9-7-19(8-10-20)15(12-18)13-5-4-6-14(17)11-13/h4-6,11,15H,7-10,12,18H2,1-3H3. The van der Waals surface area contributed by atoms with Gasteiger partial charge in [-0.2, -0.15) is 0 Å². The maximum atomic E-state index is 6.04. The van der Waals surface area contributed by atoms with Gasteiger partial charge in [0.25, 0.3) is 0 Å². The molecular formula is C16H26BrN3. The molecule has 1 heterocycles. The summed E-state index contributed by atoms with van der Waals surface area (Å²) in [6, 6.07) is 8.85. The summed E-state index contributed by atoms with van der Waals surface area (Å²) in [5, 5.41) is 0. The SMILES string of the molecule is CC(C)(C)N1CCN(C(CN)c2cccc(Br)c2)CC1. The van der Waals surface area contributed by atoms with Gasteiger partial charge in [0.15, 0.2) is 0 Å². The van der Waals surface area contributed by atoms with Crippen molar-refractivity contribution in [1.29, 1.82) is 0 Å². The number of hydrogen-bond donors (Lipinski definition) is 1. The molecule has 20 heavy (non-hydrogen) atoms. The lowest BCUT2D eigenvalue weighted by Crippen LogP contribution is -2.54. The van der Waals surface area contributed by atoms with Crippen molar-refractivity contribution in [2.75, 3.05) is 32.7 Å². The van der Waals surface area contributed by atoms with Gasteiger partial charge in [-0.05, 0) is 38.5 Å². The minimum absolute atomic E-state index is 0.264. The smallest absolute Gasteiger partial charge is 0.0471 e. The first-order valence-corrected chi connectivity index (χ1v) is 8.16. The largest absolute Gasteiger partial charge is 0.329 e. The molecule has 0 amide bonds. The molecule has 3 nitrogen and oxygen atoms in total. The number of rotatable bonds is 3. The van der Waals surface area contributed by atoms with Crippen LogP contribution in [0.2, 0.25) is 0 Å². The molecule has 0 saturated carbocycles. The van der Waals surface area contributed by atoms with E-state index in [0.717, 1.165) is 30.7 Å². The predicted molar refractivity (Wildman–Crippen MR) is 88.8 cm³/mol. The van der Waals surface area contributed by atoms with Gasteiger partial charge >= 0.3 is 0 Å². The summed E-state index contributed by atoms with van der Waals surface area (Å²) in [7, 11) is 0. The summed E-state index contributed by atoms with van der Waals surface area (Å²) >= 11 is 3.55. The van der Waals surface area contributed by atoms with Crippen molar-refractivity contribution >= 4 is 15.9 Å². The van der Waals surface area contributed by atoms with E-state index in [1.165, 1.54) is 5.56 Å². The van der Waals surface area contributed by atoms with Gasteiger partial charge in [0.05, 0.1) is 0 Å². The van der Waals surface area contributed by atoms with Crippen molar-refractivity contribution in [3.63, 3.8) is 0 Å². The van der Waals surface area contributed by atoms with Crippen LogP contribution in [0.15, 0.2) is 28.7 Å². The van der Waals surface area contributed by atoms with E-state index in [2.05, 4.69) is 70.8 Å². The van der Waals surface area contributed by atoms with E-state index >= 15 is 0 Å². The van der Waals surface area contributed by atoms with E-state index < -0.39 is 0 Å². The van der Waals surface area contributed by atoms with E-state index in [9.17, 15) is 0 Å². The second kappa shape index (κ2) is 6.56. The molecule has 0 aliphatic carbocycles. The average Bonchev–Trinajstić information content (AvgIpc) is 2.39. The maximum Gasteiger partial charge on any atom is 0.0471 e. The Morgan fingerprint density at radius 3 is 2.35 bits per heavy atom. The van der Waals surface area contributed by atoms with E-state index in [1.54, 1.807) is 0 Å². The summed E-state index contributed by atoms with van der Waals surface area (Å²) in [5.74, 6) is 0. The molecule has 0 spiro atoms. The third-order valence-electron chi connectivity index (χ3n) is 4.16. The highest BCUT2D eigenvalue weighted by atomic mass is 79.9. The van der Waals surface area contributed by atoms with E-state index in [4.69, 9.17) is 5.73 Å². The van der Waals surface area contributed by atoms with Crippen LogP contribution in [0.1, 0.15) is 32.4 Å². The molecule has 1 unspecified atom stereocenters. The second-order valence-corrected chi connectivity index (χ2v) is 7.42. The monoisotopic (exact) mass is 339 g/mol. The average molecular weight is 340 g/mol. The Morgan fingerprint density at radius 1 is 1.20 bits per heavy atom. The lowest BCUT2D eigenvalue weighted by molar-refractivity contribution is 0.0433. The summed E-state index contributed by atoms with van der Waals surface area (Å²) < 4.78 is 1.13. The maximum absolute atomic E-state index is 6.04. The molecule has 1 aliphatic heterocycles. The Hall–Kier alpha value is -0.420. The van der Waals surface area contributed by atoms with Crippen LogP contribution in [0.25, 0.3) is 0 Å². The molecule has 0 bridgehead atoms. The zero-order valence-corrected chi connectivity index (χ0v) is 14.4. The Bertz CT molecular complexity index is 434. The van der Waals surface area contributed by atoms with Gasteiger partial charge in [-0.15, -0.1) is 0 Å². The number of halogens is 1. The lowest BCUT2D eigenvalue weighted by atomic mass is 10.0. The van der Waals surface area contributed by atoms with E-state index in [0.29, 0.717) is 12.6 Å². The van der Waals surface area contributed by atoms with Gasteiger partial charge in [-0.3, -0.25) is 9.80 Å². The topological polar surface area (TPSA) is 32.5 Å². The molecule has 1 aromatic rings. The first kappa shape index (κ1) is 16.0. The number of nitrogens with two attached hydrogens (primary N) is 1. The van der Waals surface area contributed by atoms with Crippen LogP contribution in [0.3, 0.4) is 0 Å². The molecule has 1 atom stereocenters. The van der Waals surface area contributed by atoms with Crippen LogP contribution in [0, 0.1) is 0 Å². The minimum Gasteiger partial charge on any atom is -0.329 e. The second-order valence-electron chi connectivity index (χ2n) is 6.50. The highest BCUT2D eigenvalue weighted by molar-refractivity contribution is 9.10. The van der Waals surface area contributed by atoms with Crippen molar-refractivity contribution in [2.24, 2.45) is 5.73 Å². The molecule has 1 saturated heterocycles. The summed E-state index contributed by atoms with van der Waals surface area (Å²) in [5.41, 5.74) is 7.61. The summed E-state index contributed by atoms with van der Waals surface area (Å²) in [6.07, 6.45) is 0. The van der Waals surface area contributed by atoms with Crippen LogP contribution >= 0.6 is 15.9 Å². The van der Waals surface area contributed by atoms with Crippen LogP contribution in [0.5, 0.6) is 0 Å². The number of benzene rings is 1. The zero-order valence-electron chi connectivity index (χ0n) is 12.8. The van der Waals surface area contributed by atoms with Crippen LogP contribution < -0.4 is 5.73 Å². The first-order valence-electron chi connectivity index (χ1n) is 7.36. The molecule has 0 aromatic heterocycles. The summed E-state index contributed by atoms with van der Waals surface area (Å²) in [6.45, 7) is 12.0. The minimum atomic E-state index is 0.264. The number of hydrogen-bond acceptors (Lipinski definition) is 3. The highest BCUT2D eigenvalue weighted by Gasteiger charge is 2.29. The third kappa shape index (κ3) is 3.82. The molecule has 112 valence electrons. The fourth-order valence-corrected chi connectivity index (χ4v) is 3.33. The van der Waals surface area contributed by atoms with Crippen molar-refractivity contribution in [3.05, 3.63) is 34.3 Å². The summed E-state index contributed by atoms with van der Waals surface area (Å²) in [4.78, 5) is 5.07. The highest BCUT2D eigenvalue weighted by Crippen LogP contribution is 2.25. The van der Waals surface area contributed by atoms with E-state index in [-0.39, 0.29) is 5.54 Å². The van der Waals surface area contributed by atoms with Crippen molar-refractivity contribution in [1.82, 2.24) is 9.80 Å². The normalized spacial score (nSPS) is 20.1. The Morgan fingerprint density at radius 2 is 1.85 bits per heavy atom. The van der Waals surface area contributed by atoms with Gasteiger partial charge in [-0.25, -0.2) is 0 Å². The number of nitrogens with zero attached hydrogens (tertiary/aromatic N) is 2. The fourth-order valence-electron chi connectivity index (χ4n) is 2.91. The molecule has 1 aliphatic rings. The number of piperazine rings is 1.